The molecule has 0 aliphatic carbocycles. The number of nitrogens with zero attached hydrogens (tertiary/aromatic N) is 5. The van der Waals surface area contributed by atoms with Gasteiger partial charge in [0.1, 0.15) is 11.6 Å². The van der Waals surface area contributed by atoms with Crippen LogP contribution in [0.25, 0.3) is 11.0 Å². The van der Waals surface area contributed by atoms with E-state index in [1.807, 2.05) is 35.0 Å². The predicted molar refractivity (Wildman–Crippen MR) is 142 cm³/mol. The van der Waals surface area contributed by atoms with E-state index in [0.717, 1.165) is 60.8 Å². The number of alkyl halides is 1. The van der Waals surface area contributed by atoms with Crippen LogP contribution in [0.15, 0.2) is 66.0 Å². The van der Waals surface area contributed by atoms with Crippen molar-refractivity contribution in [3.05, 3.63) is 77.7 Å². The second-order valence-electron chi connectivity index (χ2n) is 8.58. The molecule has 5 rings (SSSR count). The van der Waals surface area contributed by atoms with E-state index < -0.39 is 0 Å². The third-order valence-corrected chi connectivity index (χ3v) is 7.30. The van der Waals surface area contributed by atoms with Gasteiger partial charge in [-0.3, -0.25) is 4.90 Å². The van der Waals surface area contributed by atoms with Gasteiger partial charge in [0.25, 0.3) is 0 Å². The van der Waals surface area contributed by atoms with Crippen molar-refractivity contribution >= 4 is 40.2 Å². The molecule has 0 spiro atoms. The molecule has 0 saturated carbocycles. The molecule has 36 heavy (non-hydrogen) atoms. The van der Waals surface area contributed by atoms with Crippen LogP contribution in [0.3, 0.4) is 0 Å². The molecule has 3 heterocycles. The first-order valence-corrected chi connectivity index (χ1v) is 13.4. The molecule has 1 atom stereocenters. The topological polar surface area (TPSA) is 68.1 Å². The molecule has 188 valence electrons. The molecule has 1 aliphatic rings. The first-order valence-electron chi connectivity index (χ1n) is 12.0. The second kappa shape index (κ2) is 12.0. The highest BCUT2D eigenvalue weighted by Gasteiger charge is 2.17. The van der Waals surface area contributed by atoms with Crippen molar-refractivity contribution < 1.29 is 9.13 Å². The second-order valence-corrected chi connectivity index (χ2v) is 10.2. The van der Waals surface area contributed by atoms with E-state index in [1.54, 1.807) is 30.1 Å². The fourth-order valence-electron chi connectivity index (χ4n) is 4.07. The molecule has 1 fully saturated rings. The smallest absolute Gasteiger partial charge is 0.191 e. The number of hydrogen-bond donors (Lipinski definition) is 1. The molecule has 1 N–H and O–H groups in total. The Hall–Kier alpha value is -2.72. The molecule has 0 amide bonds. The largest absolute Gasteiger partial charge is 0.379 e. The lowest BCUT2D eigenvalue weighted by atomic mass is 10.1. The van der Waals surface area contributed by atoms with Crippen LogP contribution < -0.4 is 5.32 Å². The Labute approximate surface area is 219 Å². The van der Waals surface area contributed by atoms with Gasteiger partial charge in [-0.1, -0.05) is 54.2 Å². The number of nitrogens with one attached hydrogen (secondary N) is 1. The number of benzene rings is 2. The number of anilines is 1. The molecule has 7 nitrogen and oxygen atoms in total. The lowest BCUT2D eigenvalue weighted by Gasteiger charge is -2.26. The average Bonchev–Trinajstić information content (AvgIpc) is 3.32. The van der Waals surface area contributed by atoms with Crippen molar-refractivity contribution in [1.82, 2.24) is 24.6 Å². The standard InChI is InChI=1S/C26H28ClFN6OS/c27-23(20-4-2-1-3-5-20)18-34-25-22(17-30-34)24(29-16-19-6-8-21(28)9-7-19)31-26(32-25)36-15-12-33-10-13-35-14-11-33/h1-9,17,23H,10-16,18H2,(H,29,31,32). The van der Waals surface area contributed by atoms with Gasteiger partial charge in [0.15, 0.2) is 10.8 Å². The zero-order valence-electron chi connectivity index (χ0n) is 19.8. The van der Waals surface area contributed by atoms with E-state index in [0.29, 0.717) is 24.1 Å². The predicted octanol–water partition coefficient (Wildman–Crippen LogP) is 4.98. The number of halogens is 2. The lowest BCUT2D eigenvalue weighted by Crippen LogP contribution is -2.37. The van der Waals surface area contributed by atoms with Gasteiger partial charge < -0.3 is 10.1 Å². The van der Waals surface area contributed by atoms with E-state index in [1.165, 1.54) is 12.1 Å². The van der Waals surface area contributed by atoms with E-state index in [4.69, 9.17) is 26.3 Å². The third-order valence-electron chi connectivity index (χ3n) is 6.09. The number of morpholine rings is 1. The van der Waals surface area contributed by atoms with Crippen LogP contribution in [0, 0.1) is 5.82 Å². The van der Waals surface area contributed by atoms with E-state index in [-0.39, 0.29) is 11.2 Å². The monoisotopic (exact) mass is 526 g/mol. The minimum absolute atomic E-state index is 0.239. The van der Waals surface area contributed by atoms with Gasteiger partial charge in [0.05, 0.1) is 36.7 Å². The third kappa shape index (κ3) is 6.34. The number of thioether (sulfide) groups is 1. The Bertz CT molecular complexity index is 1270. The van der Waals surface area contributed by atoms with Gasteiger partial charge in [0.2, 0.25) is 0 Å². The van der Waals surface area contributed by atoms with Crippen LogP contribution in [-0.2, 0) is 17.8 Å². The number of rotatable bonds is 10. The Balaban J connectivity index is 1.37. The summed E-state index contributed by atoms with van der Waals surface area (Å²) in [5, 5.41) is 9.27. The van der Waals surface area contributed by atoms with Crippen LogP contribution in [-0.4, -0.2) is 63.2 Å². The van der Waals surface area contributed by atoms with E-state index >= 15 is 0 Å². The molecular weight excluding hydrogens is 499 g/mol. The Morgan fingerprint density at radius 1 is 1.06 bits per heavy atom. The summed E-state index contributed by atoms with van der Waals surface area (Å²) in [6.45, 7) is 5.42. The number of aromatic nitrogens is 4. The number of fused-ring (bicyclic) bond motifs is 1. The maximum atomic E-state index is 13.3. The van der Waals surface area contributed by atoms with Crippen LogP contribution in [0.4, 0.5) is 10.2 Å². The summed E-state index contributed by atoms with van der Waals surface area (Å²) in [4.78, 5) is 12.1. The molecule has 0 radical (unpaired) electrons. The van der Waals surface area contributed by atoms with Gasteiger partial charge in [-0.25, -0.2) is 19.0 Å². The van der Waals surface area contributed by atoms with Crippen molar-refractivity contribution in [1.29, 1.82) is 0 Å². The van der Waals surface area contributed by atoms with E-state index in [9.17, 15) is 4.39 Å². The molecule has 1 aliphatic heterocycles. The minimum Gasteiger partial charge on any atom is -0.379 e. The van der Waals surface area contributed by atoms with Gasteiger partial charge in [0, 0.05) is 31.9 Å². The quantitative estimate of drug-likeness (QED) is 0.177. The van der Waals surface area contributed by atoms with Crippen molar-refractivity contribution in [3.8, 4) is 0 Å². The fourth-order valence-corrected chi connectivity index (χ4v) is 5.18. The summed E-state index contributed by atoms with van der Waals surface area (Å²) >= 11 is 8.36. The van der Waals surface area contributed by atoms with Crippen LogP contribution in [0.1, 0.15) is 16.5 Å². The zero-order valence-corrected chi connectivity index (χ0v) is 21.4. The first-order chi connectivity index (χ1) is 17.7. The summed E-state index contributed by atoms with van der Waals surface area (Å²) in [6.07, 6.45) is 1.78. The van der Waals surface area contributed by atoms with Crippen LogP contribution in [0.2, 0.25) is 0 Å². The average molecular weight is 527 g/mol. The lowest BCUT2D eigenvalue weighted by molar-refractivity contribution is 0.0410. The molecule has 2 aromatic heterocycles. The Morgan fingerprint density at radius 2 is 1.83 bits per heavy atom. The first kappa shape index (κ1) is 25.0. The Kier molecular flexibility index (Phi) is 8.32. The van der Waals surface area contributed by atoms with Crippen molar-refractivity contribution in [2.75, 3.05) is 43.9 Å². The summed E-state index contributed by atoms with van der Waals surface area (Å²) in [7, 11) is 0. The van der Waals surface area contributed by atoms with Gasteiger partial charge in [-0.05, 0) is 23.3 Å². The molecule has 4 aromatic rings. The van der Waals surface area contributed by atoms with Crippen molar-refractivity contribution in [3.63, 3.8) is 0 Å². The van der Waals surface area contributed by atoms with Gasteiger partial charge >= 0.3 is 0 Å². The van der Waals surface area contributed by atoms with Crippen LogP contribution in [0.5, 0.6) is 0 Å². The maximum Gasteiger partial charge on any atom is 0.191 e. The highest BCUT2D eigenvalue weighted by Crippen LogP contribution is 2.28. The highest BCUT2D eigenvalue weighted by atomic mass is 35.5. The number of hydrogen-bond acceptors (Lipinski definition) is 7. The molecule has 1 saturated heterocycles. The van der Waals surface area contributed by atoms with Gasteiger partial charge in [-0.2, -0.15) is 5.10 Å². The zero-order chi connectivity index (χ0) is 24.7. The highest BCUT2D eigenvalue weighted by molar-refractivity contribution is 7.99. The van der Waals surface area contributed by atoms with E-state index in [2.05, 4.69) is 15.3 Å². The molecule has 10 heteroatoms. The SMILES string of the molecule is Fc1ccc(CNc2nc(SCCN3CCOCC3)nc3c2cnn3CC(Cl)c2ccccc2)cc1. The normalized spacial score (nSPS) is 15.3. The fraction of sp³-hybridized carbons (Fsp3) is 0.346. The summed E-state index contributed by atoms with van der Waals surface area (Å²) in [6, 6.07) is 16.4. The molecule has 1 unspecified atom stereocenters. The van der Waals surface area contributed by atoms with Gasteiger partial charge in [-0.15, -0.1) is 11.6 Å². The molecule has 0 bridgehead atoms. The Morgan fingerprint density at radius 3 is 2.61 bits per heavy atom. The summed E-state index contributed by atoms with van der Waals surface area (Å²) in [5.74, 6) is 1.33. The minimum atomic E-state index is -0.252. The van der Waals surface area contributed by atoms with Crippen molar-refractivity contribution in [2.24, 2.45) is 0 Å². The summed E-state index contributed by atoms with van der Waals surface area (Å²) in [5.41, 5.74) is 2.73. The van der Waals surface area contributed by atoms with Crippen molar-refractivity contribution in [2.45, 2.75) is 23.6 Å². The maximum absolute atomic E-state index is 13.3. The molecular formula is C26H28ClFN6OS. The number of ether oxygens (including phenoxy) is 1. The summed E-state index contributed by atoms with van der Waals surface area (Å²) < 4.78 is 20.6. The van der Waals surface area contributed by atoms with Crippen LogP contribution >= 0.6 is 23.4 Å². The molecule has 2 aromatic carbocycles.